The van der Waals surface area contributed by atoms with E-state index in [9.17, 15) is 4.79 Å². The highest BCUT2D eigenvalue weighted by Crippen LogP contribution is 2.25. The summed E-state index contributed by atoms with van der Waals surface area (Å²) >= 11 is 0. The third kappa shape index (κ3) is 4.37. The van der Waals surface area contributed by atoms with Crippen LogP contribution in [0.15, 0.2) is 54.6 Å². The summed E-state index contributed by atoms with van der Waals surface area (Å²) in [6, 6.07) is 17.4. The summed E-state index contributed by atoms with van der Waals surface area (Å²) in [7, 11) is 1.63. The van der Waals surface area contributed by atoms with Crippen molar-refractivity contribution in [1.29, 1.82) is 0 Å². The average molecular weight is 363 g/mol. The van der Waals surface area contributed by atoms with E-state index in [1.807, 2.05) is 82.3 Å². The van der Waals surface area contributed by atoms with E-state index in [2.05, 4.69) is 5.32 Å². The molecule has 1 amide bonds. The molecule has 140 valence electrons. The minimum Gasteiger partial charge on any atom is -0.497 e. The maximum atomic E-state index is 12.9. The smallest absolute Gasteiger partial charge is 0.270 e. The zero-order valence-electron chi connectivity index (χ0n) is 16.4. The number of aryl methyl sites for hydroxylation is 1. The van der Waals surface area contributed by atoms with Gasteiger partial charge in [-0.3, -0.25) is 4.79 Å². The SMILES string of the molecule is COc1cccc(-c2cc(C(=O)NC(C)(C)C)n(-c3cccc(C)c3)n2)c1. The van der Waals surface area contributed by atoms with Gasteiger partial charge in [0.05, 0.1) is 18.5 Å². The molecule has 0 aliphatic carbocycles. The predicted octanol–water partition coefficient (Wildman–Crippen LogP) is 4.38. The molecule has 3 aromatic rings. The molecule has 1 heterocycles. The topological polar surface area (TPSA) is 56.1 Å². The first-order valence-electron chi connectivity index (χ1n) is 8.91. The molecule has 0 saturated carbocycles. The number of nitrogens with one attached hydrogen (secondary N) is 1. The summed E-state index contributed by atoms with van der Waals surface area (Å²) in [6.45, 7) is 7.90. The van der Waals surface area contributed by atoms with E-state index in [1.165, 1.54) is 0 Å². The van der Waals surface area contributed by atoms with Gasteiger partial charge in [0.2, 0.25) is 0 Å². The van der Waals surface area contributed by atoms with Crippen LogP contribution in [0, 0.1) is 6.92 Å². The van der Waals surface area contributed by atoms with Crippen molar-refractivity contribution >= 4 is 5.91 Å². The molecule has 1 aromatic heterocycles. The quantitative estimate of drug-likeness (QED) is 0.748. The summed E-state index contributed by atoms with van der Waals surface area (Å²) in [5.74, 6) is 0.587. The summed E-state index contributed by atoms with van der Waals surface area (Å²) in [5.41, 5.74) is 3.72. The van der Waals surface area contributed by atoms with E-state index in [1.54, 1.807) is 11.8 Å². The maximum Gasteiger partial charge on any atom is 0.270 e. The van der Waals surface area contributed by atoms with Crippen LogP contribution in [-0.4, -0.2) is 28.3 Å². The number of benzene rings is 2. The van der Waals surface area contributed by atoms with Crippen LogP contribution in [0.1, 0.15) is 36.8 Å². The lowest BCUT2D eigenvalue weighted by molar-refractivity contribution is 0.0911. The molecule has 2 aromatic carbocycles. The molecule has 0 unspecified atom stereocenters. The highest BCUT2D eigenvalue weighted by Gasteiger charge is 2.22. The molecule has 0 spiro atoms. The van der Waals surface area contributed by atoms with Gasteiger partial charge in [-0.1, -0.05) is 24.3 Å². The van der Waals surface area contributed by atoms with Crippen LogP contribution in [0.2, 0.25) is 0 Å². The number of amides is 1. The number of nitrogens with zero attached hydrogens (tertiary/aromatic N) is 2. The lowest BCUT2D eigenvalue weighted by Crippen LogP contribution is -2.41. The van der Waals surface area contributed by atoms with E-state index in [0.717, 1.165) is 28.3 Å². The highest BCUT2D eigenvalue weighted by molar-refractivity contribution is 5.94. The fourth-order valence-electron chi connectivity index (χ4n) is 2.83. The molecule has 0 atom stereocenters. The Morgan fingerprint density at radius 2 is 1.81 bits per heavy atom. The van der Waals surface area contributed by atoms with E-state index < -0.39 is 0 Å². The molecule has 0 bridgehead atoms. The van der Waals surface area contributed by atoms with Gasteiger partial charge in [-0.25, -0.2) is 4.68 Å². The molecule has 3 rings (SSSR count). The summed E-state index contributed by atoms with van der Waals surface area (Å²) < 4.78 is 7.01. The molecule has 27 heavy (non-hydrogen) atoms. The Kier molecular flexibility index (Phi) is 5.04. The van der Waals surface area contributed by atoms with Gasteiger partial charge in [-0.15, -0.1) is 0 Å². The number of hydrogen-bond donors (Lipinski definition) is 1. The minimum absolute atomic E-state index is 0.161. The van der Waals surface area contributed by atoms with Crippen LogP contribution in [0.4, 0.5) is 0 Å². The Morgan fingerprint density at radius 3 is 2.48 bits per heavy atom. The second-order valence-corrected chi connectivity index (χ2v) is 7.60. The van der Waals surface area contributed by atoms with Gasteiger partial charge in [0, 0.05) is 11.1 Å². The molecular formula is C22H25N3O2. The number of carbonyl (C=O) groups excluding carboxylic acids is 1. The van der Waals surface area contributed by atoms with Crippen LogP contribution in [0.25, 0.3) is 16.9 Å². The molecule has 0 radical (unpaired) electrons. The minimum atomic E-state index is -0.338. The van der Waals surface area contributed by atoms with Crippen LogP contribution >= 0.6 is 0 Å². The van der Waals surface area contributed by atoms with Crippen molar-refractivity contribution in [3.05, 3.63) is 65.9 Å². The Hall–Kier alpha value is -3.08. The van der Waals surface area contributed by atoms with Gasteiger partial charge < -0.3 is 10.1 Å². The molecule has 0 fully saturated rings. The zero-order valence-corrected chi connectivity index (χ0v) is 16.4. The molecule has 0 aliphatic heterocycles. The Bertz CT molecular complexity index is 968. The second-order valence-electron chi connectivity index (χ2n) is 7.60. The van der Waals surface area contributed by atoms with Gasteiger partial charge in [-0.2, -0.15) is 5.10 Å². The molecule has 5 heteroatoms. The monoisotopic (exact) mass is 363 g/mol. The van der Waals surface area contributed by atoms with E-state index in [0.29, 0.717) is 5.69 Å². The van der Waals surface area contributed by atoms with Crippen molar-refractivity contribution in [2.45, 2.75) is 33.2 Å². The molecule has 0 aliphatic rings. The lowest BCUT2D eigenvalue weighted by Gasteiger charge is -2.20. The molecule has 5 nitrogen and oxygen atoms in total. The predicted molar refractivity (Wildman–Crippen MR) is 108 cm³/mol. The normalized spacial score (nSPS) is 11.3. The number of aromatic nitrogens is 2. The van der Waals surface area contributed by atoms with Gasteiger partial charge in [0.1, 0.15) is 11.4 Å². The Balaban J connectivity index is 2.12. The van der Waals surface area contributed by atoms with E-state index in [4.69, 9.17) is 9.84 Å². The maximum absolute atomic E-state index is 12.9. The number of ether oxygens (including phenoxy) is 1. The van der Waals surface area contributed by atoms with Gasteiger partial charge in [0.15, 0.2) is 0 Å². The van der Waals surface area contributed by atoms with Crippen LogP contribution in [-0.2, 0) is 0 Å². The summed E-state index contributed by atoms with van der Waals surface area (Å²) in [5, 5.41) is 7.74. The van der Waals surface area contributed by atoms with Crippen molar-refractivity contribution < 1.29 is 9.53 Å². The lowest BCUT2D eigenvalue weighted by atomic mass is 10.1. The third-order valence-electron chi connectivity index (χ3n) is 4.04. The van der Waals surface area contributed by atoms with Crippen molar-refractivity contribution in [1.82, 2.24) is 15.1 Å². The van der Waals surface area contributed by atoms with Crippen LogP contribution < -0.4 is 10.1 Å². The number of carbonyl (C=O) groups is 1. The van der Waals surface area contributed by atoms with E-state index in [-0.39, 0.29) is 11.4 Å². The van der Waals surface area contributed by atoms with E-state index >= 15 is 0 Å². The highest BCUT2D eigenvalue weighted by atomic mass is 16.5. The summed E-state index contributed by atoms with van der Waals surface area (Å²) in [4.78, 5) is 12.9. The molecule has 1 N–H and O–H groups in total. The fraction of sp³-hybridized carbons (Fsp3) is 0.273. The Morgan fingerprint density at radius 1 is 1.07 bits per heavy atom. The zero-order chi connectivity index (χ0) is 19.6. The first-order chi connectivity index (χ1) is 12.8. The average Bonchev–Trinajstić information content (AvgIpc) is 3.06. The summed E-state index contributed by atoms with van der Waals surface area (Å²) in [6.07, 6.45) is 0. The molecule has 0 saturated heterocycles. The number of rotatable bonds is 4. The largest absolute Gasteiger partial charge is 0.497 e. The number of hydrogen-bond acceptors (Lipinski definition) is 3. The van der Waals surface area contributed by atoms with Crippen LogP contribution in [0.5, 0.6) is 5.75 Å². The van der Waals surface area contributed by atoms with Crippen molar-refractivity contribution in [2.75, 3.05) is 7.11 Å². The molecular weight excluding hydrogens is 338 g/mol. The first-order valence-corrected chi connectivity index (χ1v) is 8.91. The van der Waals surface area contributed by atoms with Crippen LogP contribution in [0.3, 0.4) is 0 Å². The van der Waals surface area contributed by atoms with Gasteiger partial charge in [-0.05, 0) is 63.6 Å². The Labute approximate surface area is 160 Å². The number of methoxy groups -OCH3 is 1. The standard InChI is InChI=1S/C22H25N3O2/c1-15-8-6-10-17(12-15)25-20(21(26)23-22(2,3)4)14-19(24-25)16-9-7-11-18(13-16)27-5/h6-14H,1-5H3,(H,23,26). The third-order valence-corrected chi connectivity index (χ3v) is 4.04. The van der Waals surface area contributed by atoms with Crippen molar-refractivity contribution in [2.24, 2.45) is 0 Å². The van der Waals surface area contributed by atoms with Gasteiger partial charge >= 0.3 is 0 Å². The van der Waals surface area contributed by atoms with Crippen molar-refractivity contribution in [3.63, 3.8) is 0 Å². The first kappa shape index (κ1) is 18.7. The van der Waals surface area contributed by atoms with Gasteiger partial charge in [0.25, 0.3) is 5.91 Å². The van der Waals surface area contributed by atoms with Crippen molar-refractivity contribution in [3.8, 4) is 22.7 Å². The second kappa shape index (κ2) is 7.27. The fourth-order valence-corrected chi connectivity index (χ4v) is 2.83.